The van der Waals surface area contributed by atoms with Gasteiger partial charge in [0.05, 0.1) is 12.4 Å². The molecule has 1 rings (SSSR count). The Bertz CT molecular complexity index is 509. The van der Waals surface area contributed by atoms with E-state index < -0.39 is 5.91 Å². The van der Waals surface area contributed by atoms with Gasteiger partial charge in [-0.15, -0.1) is 0 Å². The summed E-state index contributed by atoms with van der Waals surface area (Å²) in [5.41, 5.74) is 0.920. The third kappa shape index (κ3) is 5.29. The molecule has 1 amide bonds. The van der Waals surface area contributed by atoms with Crippen molar-refractivity contribution in [3.63, 3.8) is 0 Å². The van der Waals surface area contributed by atoms with Crippen LogP contribution in [0.2, 0.25) is 0 Å². The highest BCUT2D eigenvalue weighted by Gasteiger charge is 2.10. The number of furan rings is 1. The first kappa shape index (κ1) is 16.0. The maximum Gasteiger partial charge on any atom is 0.262 e. The zero-order valence-corrected chi connectivity index (χ0v) is 12.1. The van der Waals surface area contributed by atoms with Crippen LogP contribution in [-0.2, 0) is 9.53 Å². The number of amides is 1. The van der Waals surface area contributed by atoms with E-state index in [1.807, 2.05) is 26.8 Å². The van der Waals surface area contributed by atoms with Crippen molar-refractivity contribution in [1.29, 1.82) is 5.26 Å². The topological polar surface area (TPSA) is 75.3 Å². The zero-order valence-electron chi connectivity index (χ0n) is 12.1. The third-order valence-corrected chi connectivity index (χ3v) is 2.60. The highest BCUT2D eigenvalue weighted by Crippen LogP contribution is 2.13. The molecular formula is C15H20N2O3. The van der Waals surface area contributed by atoms with E-state index in [-0.39, 0.29) is 11.7 Å². The summed E-state index contributed by atoms with van der Waals surface area (Å²) in [6.45, 7) is 6.83. The summed E-state index contributed by atoms with van der Waals surface area (Å²) in [5.74, 6) is 0.132. The average Bonchev–Trinajstić information content (AvgIpc) is 2.80. The molecule has 0 fully saturated rings. The first-order valence-electron chi connectivity index (χ1n) is 6.60. The number of carbonyl (C=O) groups is 1. The number of nitrogens with zero attached hydrogens (tertiary/aromatic N) is 1. The van der Waals surface area contributed by atoms with E-state index in [9.17, 15) is 4.79 Å². The van der Waals surface area contributed by atoms with Crippen LogP contribution in [0.5, 0.6) is 0 Å². The first-order valence-corrected chi connectivity index (χ1v) is 6.60. The number of hydrogen-bond acceptors (Lipinski definition) is 4. The molecule has 0 radical (unpaired) electrons. The number of nitrogens with one attached hydrogen (secondary N) is 1. The highest BCUT2D eigenvalue weighted by atomic mass is 16.5. The van der Waals surface area contributed by atoms with Gasteiger partial charge in [-0.3, -0.25) is 4.79 Å². The number of rotatable bonds is 7. The lowest BCUT2D eigenvalue weighted by atomic mass is 10.2. The van der Waals surface area contributed by atoms with Gasteiger partial charge in [0.25, 0.3) is 5.91 Å². The van der Waals surface area contributed by atoms with Gasteiger partial charge in [-0.05, 0) is 38.8 Å². The molecule has 1 aromatic rings. The molecule has 0 unspecified atom stereocenters. The van der Waals surface area contributed by atoms with E-state index >= 15 is 0 Å². The lowest BCUT2D eigenvalue weighted by molar-refractivity contribution is -0.117. The van der Waals surface area contributed by atoms with E-state index in [0.717, 1.165) is 5.56 Å². The summed E-state index contributed by atoms with van der Waals surface area (Å²) >= 11 is 0. The lowest BCUT2D eigenvalue weighted by Crippen LogP contribution is -2.26. The van der Waals surface area contributed by atoms with Crippen LogP contribution in [0.15, 0.2) is 22.3 Å². The predicted molar refractivity (Wildman–Crippen MR) is 75.7 cm³/mol. The number of hydrogen-bond donors (Lipinski definition) is 1. The molecule has 1 heterocycles. The summed E-state index contributed by atoms with van der Waals surface area (Å²) in [6, 6.07) is 3.66. The Labute approximate surface area is 119 Å². The van der Waals surface area contributed by atoms with Crippen molar-refractivity contribution in [2.45, 2.75) is 33.3 Å². The summed E-state index contributed by atoms with van der Waals surface area (Å²) in [4.78, 5) is 11.8. The molecule has 0 saturated heterocycles. The molecule has 0 saturated carbocycles. The Kier molecular flexibility index (Phi) is 6.54. The molecule has 1 N–H and O–H groups in total. The molecule has 0 atom stereocenters. The summed E-state index contributed by atoms with van der Waals surface area (Å²) in [7, 11) is 0. The standard InChI is InChI=1S/C15H20N2O3/c1-11(2)19-7-4-6-17-15(18)13(10-16)9-14-12(3)5-8-20-14/h5,8-9,11H,4,6-7H2,1-3H3,(H,17,18)/b13-9+. The summed E-state index contributed by atoms with van der Waals surface area (Å²) < 4.78 is 10.6. The fourth-order valence-corrected chi connectivity index (χ4v) is 1.50. The van der Waals surface area contributed by atoms with Gasteiger partial charge in [0, 0.05) is 19.2 Å². The molecule has 20 heavy (non-hydrogen) atoms. The van der Waals surface area contributed by atoms with Crippen molar-refractivity contribution in [3.8, 4) is 6.07 Å². The van der Waals surface area contributed by atoms with E-state index in [1.165, 1.54) is 12.3 Å². The molecule has 0 aliphatic rings. The maximum atomic E-state index is 11.8. The zero-order chi connectivity index (χ0) is 15.0. The first-order chi connectivity index (χ1) is 9.54. The smallest absolute Gasteiger partial charge is 0.262 e. The van der Waals surface area contributed by atoms with Crippen molar-refractivity contribution in [2.24, 2.45) is 0 Å². The Hall–Kier alpha value is -2.06. The van der Waals surface area contributed by atoms with E-state index in [4.69, 9.17) is 14.4 Å². The Morgan fingerprint density at radius 3 is 2.90 bits per heavy atom. The molecule has 5 heteroatoms. The molecule has 108 valence electrons. The minimum atomic E-state index is -0.396. The normalized spacial score (nSPS) is 11.4. The van der Waals surface area contributed by atoms with Gasteiger partial charge >= 0.3 is 0 Å². The largest absolute Gasteiger partial charge is 0.465 e. The van der Waals surface area contributed by atoms with Gasteiger partial charge in [-0.25, -0.2) is 0 Å². The van der Waals surface area contributed by atoms with Crippen molar-refractivity contribution in [1.82, 2.24) is 5.32 Å². The van der Waals surface area contributed by atoms with Crippen LogP contribution in [0.1, 0.15) is 31.6 Å². The molecule has 1 aromatic heterocycles. The minimum absolute atomic E-state index is 0.0350. The summed E-state index contributed by atoms with van der Waals surface area (Å²) in [6.07, 6.45) is 3.87. The number of nitriles is 1. The fraction of sp³-hybridized carbons (Fsp3) is 0.467. The van der Waals surface area contributed by atoms with Gasteiger partial charge in [0.1, 0.15) is 17.4 Å². The van der Waals surface area contributed by atoms with Gasteiger partial charge in [0.2, 0.25) is 0 Å². The van der Waals surface area contributed by atoms with Crippen molar-refractivity contribution >= 4 is 12.0 Å². The quantitative estimate of drug-likeness (QED) is 0.471. The third-order valence-electron chi connectivity index (χ3n) is 2.60. The molecule has 0 aliphatic carbocycles. The molecule has 0 spiro atoms. The molecular weight excluding hydrogens is 256 g/mol. The molecule has 0 aromatic carbocycles. The molecule has 0 aliphatic heterocycles. The monoisotopic (exact) mass is 276 g/mol. The lowest BCUT2D eigenvalue weighted by Gasteiger charge is -2.07. The molecule has 0 bridgehead atoms. The van der Waals surface area contributed by atoms with Crippen molar-refractivity contribution in [2.75, 3.05) is 13.2 Å². The van der Waals surface area contributed by atoms with Crippen LogP contribution in [0, 0.1) is 18.3 Å². The second-order valence-electron chi connectivity index (χ2n) is 4.67. The van der Waals surface area contributed by atoms with Crippen LogP contribution in [-0.4, -0.2) is 25.2 Å². The maximum absolute atomic E-state index is 11.8. The van der Waals surface area contributed by atoms with E-state index in [1.54, 1.807) is 6.07 Å². The van der Waals surface area contributed by atoms with E-state index in [0.29, 0.717) is 25.3 Å². The summed E-state index contributed by atoms with van der Waals surface area (Å²) in [5, 5.41) is 11.7. The number of ether oxygens (including phenoxy) is 1. The highest BCUT2D eigenvalue weighted by molar-refractivity contribution is 6.01. The van der Waals surface area contributed by atoms with E-state index in [2.05, 4.69) is 5.32 Å². The van der Waals surface area contributed by atoms with Crippen molar-refractivity contribution in [3.05, 3.63) is 29.2 Å². The Balaban J connectivity index is 2.47. The van der Waals surface area contributed by atoms with Gasteiger partial charge in [-0.2, -0.15) is 5.26 Å². The second kappa shape index (κ2) is 8.18. The van der Waals surface area contributed by atoms with Crippen LogP contribution in [0.4, 0.5) is 0 Å². The van der Waals surface area contributed by atoms with Gasteiger partial charge < -0.3 is 14.5 Å². The Morgan fingerprint density at radius 2 is 2.35 bits per heavy atom. The minimum Gasteiger partial charge on any atom is -0.465 e. The van der Waals surface area contributed by atoms with Crippen LogP contribution in [0.3, 0.4) is 0 Å². The van der Waals surface area contributed by atoms with Crippen LogP contribution in [0.25, 0.3) is 6.08 Å². The molecule has 5 nitrogen and oxygen atoms in total. The van der Waals surface area contributed by atoms with Gasteiger partial charge in [-0.1, -0.05) is 0 Å². The fourth-order valence-electron chi connectivity index (χ4n) is 1.50. The number of carbonyl (C=O) groups excluding carboxylic acids is 1. The second-order valence-corrected chi connectivity index (χ2v) is 4.67. The number of aryl methyl sites for hydroxylation is 1. The predicted octanol–water partition coefficient (Wildman–Crippen LogP) is 2.43. The van der Waals surface area contributed by atoms with Crippen LogP contribution >= 0.6 is 0 Å². The van der Waals surface area contributed by atoms with Crippen molar-refractivity contribution < 1.29 is 13.9 Å². The SMILES string of the molecule is Cc1ccoc1/C=C(\C#N)C(=O)NCCCOC(C)C. The van der Waals surface area contributed by atoms with Crippen LogP contribution < -0.4 is 5.32 Å². The average molecular weight is 276 g/mol. The Morgan fingerprint density at radius 1 is 1.60 bits per heavy atom. The van der Waals surface area contributed by atoms with Gasteiger partial charge in [0.15, 0.2) is 0 Å².